The van der Waals surface area contributed by atoms with Crippen LogP contribution in [0.25, 0.3) is 11.4 Å². The molecule has 0 radical (unpaired) electrons. The Hall–Kier alpha value is -3.75. The van der Waals surface area contributed by atoms with Gasteiger partial charge in [-0.15, -0.1) is 5.10 Å². The van der Waals surface area contributed by atoms with Gasteiger partial charge in [-0.05, 0) is 45.1 Å². The quantitative estimate of drug-likeness (QED) is 0.293. The summed E-state index contributed by atoms with van der Waals surface area (Å²) in [5.41, 5.74) is 3.31. The van der Waals surface area contributed by atoms with Crippen LogP contribution in [0.2, 0.25) is 0 Å². The van der Waals surface area contributed by atoms with Crippen molar-refractivity contribution in [3.8, 4) is 5.69 Å². The fraction of sp³-hybridized carbons (Fsp3) is 0.227. The predicted molar refractivity (Wildman–Crippen MR) is 114 cm³/mol. The van der Waals surface area contributed by atoms with E-state index in [2.05, 4.69) is 25.3 Å². The van der Waals surface area contributed by atoms with Crippen molar-refractivity contribution < 1.29 is 13.5 Å². The molecule has 3 aromatic rings. The van der Waals surface area contributed by atoms with E-state index in [4.69, 9.17) is 4.74 Å². The van der Waals surface area contributed by atoms with Gasteiger partial charge in [0.05, 0.1) is 29.0 Å². The molecule has 0 saturated carbocycles. The van der Waals surface area contributed by atoms with E-state index >= 15 is 0 Å². The van der Waals surface area contributed by atoms with E-state index in [1.165, 1.54) is 12.1 Å². The Kier molecular flexibility index (Phi) is 7.31. The maximum atomic E-state index is 12.8. The van der Waals surface area contributed by atoms with Crippen LogP contribution in [0.1, 0.15) is 42.9 Å². The van der Waals surface area contributed by atoms with E-state index < -0.39 is 6.43 Å². The van der Waals surface area contributed by atoms with Crippen molar-refractivity contribution in [2.45, 2.75) is 33.8 Å². The molecule has 0 bridgehead atoms. The Morgan fingerprint density at radius 3 is 2.61 bits per heavy atom. The van der Waals surface area contributed by atoms with Gasteiger partial charge >= 0.3 is 0 Å². The number of halogens is 2. The first kappa shape index (κ1) is 21.9. The molecule has 2 aromatic heterocycles. The second-order valence-electron chi connectivity index (χ2n) is 6.52. The zero-order valence-electron chi connectivity index (χ0n) is 17.4. The molecule has 9 heteroatoms. The van der Waals surface area contributed by atoms with Gasteiger partial charge in [0.1, 0.15) is 18.0 Å². The minimum absolute atomic E-state index is 0.0439. The first-order valence-electron chi connectivity index (χ1n) is 9.55. The maximum absolute atomic E-state index is 12.8. The van der Waals surface area contributed by atoms with Crippen LogP contribution < -0.4 is 0 Å². The Labute approximate surface area is 178 Å². The highest BCUT2D eigenvalue weighted by molar-refractivity contribution is 5.71. The van der Waals surface area contributed by atoms with Gasteiger partial charge in [-0.2, -0.15) is 0 Å². The summed E-state index contributed by atoms with van der Waals surface area (Å²) in [6.45, 7) is 5.67. The Morgan fingerprint density at radius 1 is 1.19 bits per heavy atom. The number of nitrogens with zero attached hydrogens (tertiary/aromatic N) is 6. The molecule has 160 valence electrons. The zero-order chi connectivity index (χ0) is 22.2. The average molecular weight is 424 g/mol. The standard InChI is InChI=1S/C22H22F2N6O/c1-4-26-19(20-13-25-11-12-27-20)10-5-15(2)31-14-21-16(3)28-29-30(21)18-8-6-17(7-9-18)22(23)24/h4-13,22H,14H2,1-3H3/b15-5+,19-10-,26-4?. The van der Waals surface area contributed by atoms with Gasteiger partial charge in [-0.25, -0.2) is 13.5 Å². The highest BCUT2D eigenvalue weighted by Crippen LogP contribution is 2.21. The van der Waals surface area contributed by atoms with Crippen LogP contribution in [0.15, 0.2) is 65.8 Å². The van der Waals surface area contributed by atoms with Crippen LogP contribution in [-0.4, -0.2) is 31.2 Å². The summed E-state index contributed by atoms with van der Waals surface area (Å²) in [5, 5.41) is 8.20. The molecule has 0 aliphatic rings. The number of alkyl halides is 2. The second-order valence-corrected chi connectivity index (χ2v) is 6.52. The van der Waals surface area contributed by atoms with E-state index in [-0.39, 0.29) is 12.2 Å². The average Bonchev–Trinajstić information content (AvgIpc) is 3.16. The van der Waals surface area contributed by atoms with Crippen LogP contribution in [0.3, 0.4) is 0 Å². The van der Waals surface area contributed by atoms with Gasteiger partial charge < -0.3 is 4.74 Å². The lowest BCUT2D eigenvalue weighted by molar-refractivity contribution is 0.151. The third-order valence-electron chi connectivity index (χ3n) is 4.35. The first-order valence-corrected chi connectivity index (χ1v) is 9.55. The third-order valence-corrected chi connectivity index (χ3v) is 4.35. The number of hydrogen-bond donors (Lipinski definition) is 0. The smallest absolute Gasteiger partial charge is 0.263 e. The van der Waals surface area contributed by atoms with Crippen molar-refractivity contribution in [2.24, 2.45) is 4.99 Å². The van der Waals surface area contributed by atoms with Gasteiger partial charge in [0.15, 0.2) is 0 Å². The van der Waals surface area contributed by atoms with Gasteiger partial charge in [-0.3, -0.25) is 15.0 Å². The normalized spacial score (nSPS) is 12.7. The molecule has 0 unspecified atom stereocenters. The van der Waals surface area contributed by atoms with Crippen molar-refractivity contribution in [1.29, 1.82) is 0 Å². The molecular formula is C22H22F2N6O. The lowest BCUT2D eigenvalue weighted by Crippen LogP contribution is -2.05. The zero-order valence-corrected chi connectivity index (χ0v) is 17.4. The number of aryl methyl sites for hydroxylation is 1. The van der Waals surface area contributed by atoms with Crippen LogP contribution >= 0.6 is 0 Å². The van der Waals surface area contributed by atoms with Crippen molar-refractivity contribution >= 4 is 11.9 Å². The molecule has 0 fully saturated rings. The van der Waals surface area contributed by atoms with Gasteiger partial charge in [0.25, 0.3) is 6.43 Å². The van der Waals surface area contributed by atoms with E-state index in [1.807, 2.05) is 20.8 Å². The molecule has 0 N–H and O–H groups in total. The van der Waals surface area contributed by atoms with Crippen molar-refractivity contribution in [3.63, 3.8) is 0 Å². The lowest BCUT2D eigenvalue weighted by atomic mass is 10.2. The summed E-state index contributed by atoms with van der Waals surface area (Å²) in [5.74, 6) is 0.646. The molecule has 0 amide bonds. The maximum Gasteiger partial charge on any atom is 0.263 e. The predicted octanol–water partition coefficient (Wildman–Crippen LogP) is 4.86. The van der Waals surface area contributed by atoms with Gasteiger partial charge in [0, 0.05) is 24.2 Å². The van der Waals surface area contributed by atoms with Crippen LogP contribution in [0.5, 0.6) is 0 Å². The molecule has 0 atom stereocenters. The topological polar surface area (TPSA) is 78.1 Å². The van der Waals surface area contributed by atoms with Crippen LogP contribution in [0.4, 0.5) is 8.78 Å². The molecule has 0 saturated heterocycles. The number of hydrogen-bond acceptors (Lipinski definition) is 6. The lowest BCUT2D eigenvalue weighted by Gasteiger charge is -2.10. The van der Waals surface area contributed by atoms with Gasteiger partial charge in [-0.1, -0.05) is 17.3 Å². The SMILES string of the molecule is CC=N/C(=C\C=C(/C)OCc1c(C)nnn1-c1ccc(C(F)F)cc1)c1cnccn1. The molecular weight excluding hydrogens is 402 g/mol. The van der Waals surface area contributed by atoms with Crippen LogP contribution in [0, 0.1) is 6.92 Å². The molecule has 31 heavy (non-hydrogen) atoms. The fourth-order valence-corrected chi connectivity index (χ4v) is 2.70. The summed E-state index contributed by atoms with van der Waals surface area (Å²) in [7, 11) is 0. The van der Waals surface area contributed by atoms with E-state index in [0.717, 1.165) is 5.69 Å². The monoisotopic (exact) mass is 424 g/mol. The Morgan fingerprint density at radius 2 is 1.97 bits per heavy atom. The van der Waals surface area contributed by atoms with E-state index in [0.29, 0.717) is 28.5 Å². The Bertz CT molecular complexity index is 1090. The second kappa shape index (κ2) is 10.3. The van der Waals surface area contributed by atoms with Crippen molar-refractivity contribution in [1.82, 2.24) is 25.0 Å². The number of aromatic nitrogens is 5. The summed E-state index contributed by atoms with van der Waals surface area (Å²) in [6, 6.07) is 5.92. The van der Waals surface area contributed by atoms with Crippen molar-refractivity contribution in [2.75, 3.05) is 0 Å². The number of aliphatic imine (C=N–C) groups is 1. The number of rotatable bonds is 8. The molecule has 0 aliphatic carbocycles. The summed E-state index contributed by atoms with van der Waals surface area (Å²) in [6.07, 6.45) is 7.59. The highest BCUT2D eigenvalue weighted by Gasteiger charge is 2.13. The molecule has 0 spiro atoms. The largest absolute Gasteiger partial charge is 0.492 e. The molecule has 1 aromatic carbocycles. The van der Waals surface area contributed by atoms with Gasteiger partial charge in [0.2, 0.25) is 0 Å². The highest BCUT2D eigenvalue weighted by atomic mass is 19.3. The molecule has 2 heterocycles. The van der Waals surface area contributed by atoms with Crippen LogP contribution in [-0.2, 0) is 11.3 Å². The first-order chi connectivity index (χ1) is 15.0. The van der Waals surface area contributed by atoms with E-state index in [9.17, 15) is 8.78 Å². The van der Waals surface area contributed by atoms with E-state index in [1.54, 1.807) is 53.8 Å². The molecule has 3 rings (SSSR count). The summed E-state index contributed by atoms with van der Waals surface area (Å²) in [4.78, 5) is 12.6. The third kappa shape index (κ3) is 5.65. The summed E-state index contributed by atoms with van der Waals surface area (Å²) >= 11 is 0. The summed E-state index contributed by atoms with van der Waals surface area (Å²) < 4.78 is 33.0. The number of benzene rings is 1. The molecule has 0 aliphatic heterocycles. The Balaban J connectivity index is 1.76. The fourth-order valence-electron chi connectivity index (χ4n) is 2.70. The number of ether oxygens (including phenoxy) is 1. The van der Waals surface area contributed by atoms with Crippen molar-refractivity contribution in [3.05, 3.63) is 83.4 Å². The molecule has 7 nitrogen and oxygen atoms in total. The number of allylic oxidation sites excluding steroid dienone is 3. The minimum Gasteiger partial charge on any atom is -0.492 e. The minimum atomic E-state index is -2.51.